The first-order valence-electron chi connectivity index (χ1n) is 10.8. The first-order valence-corrected chi connectivity index (χ1v) is 10.8. The first-order chi connectivity index (χ1) is 18.5. The summed E-state index contributed by atoms with van der Waals surface area (Å²) >= 11 is 0. The highest BCUT2D eigenvalue weighted by Crippen LogP contribution is 2.33. The van der Waals surface area contributed by atoms with E-state index >= 15 is 0 Å². The number of H-pyrrole nitrogens is 1. The van der Waals surface area contributed by atoms with Crippen molar-refractivity contribution >= 4 is 75.8 Å². The Balaban J connectivity index is 2.18. The minimum absolute atomic E-state index is 0.0366. The van der Waals surface area contributed by atoms with Crippen LogP contribution in [-0.4, -0.2) is 75.0 Å². The minimum Gasteiger partial charge on any atom is -0.478 e. The normalized spacial score (nSPS) is 12.2. The molecular weight excluding hydrogens is 516 g/mol. The molecule has 0 amide bonds. The van der Waals surface area contributed by atoms with Gasteiger partial charge in [0, 0.05) is 11.0 Å². The quantitative estimate of drug-likeness (QED) is 0.223. The van der Waals surface area contributed by atoms with Gasteiger partial charge in [-0.1, -0.05) is 0 Å². The van der Waals surface area contributed by atoms with Crippen LogP contribution in [0.25, 0.3) is 45.9 Å². The number of rotatable bonds is 4. The molecule has 194 valence electrons. The van der Waals surface area contributed by atoms with E-state index in [9.17, 15) is 49.5 Å². The number of carboxylic acids is 4. The fraction of sp³-hybridized carbons (Fsp3) is 0. The second-order valence-corrected chi connectivity index (χ2v) is 8.24. The van der Waals surface area contributed by atoms with Gasteiger partial charge < -0.3 is 30.5 Å². The van der Waals surface area contributed by atoms with Crippen molar-refractivity contribution in [2.45, 2.75) is 0 Å². The van der Waals surface area contributed by atoms with E-state index in [1.807, 2.05) is 0 Å². The number of aromatic nitrogens is 4. The largest absolute Gasteiger partial charge is 0.478 e. The maximum atomic E-state index is 12.6. The van der Waals surface area contributed by atoms with Crippen molar-refractivity contribution < 1.29 is 49.5 Å². The molecular formula is C25H14N4O10. The molecule has 0 fully saturated rings. The van der Waals surface area contributed by atoms with Gasteiger partial charge >= 0.3 is 30.0 Å². The Morgan fingerprint density at radius 2 is 1.23 bits per heavy atom. The Morgan fingerprint density at radius 1 is 0.667 bits per heavy atom. The van der Waals surface area contributed by atoms with Crippen LogP contribution >= 0.6 is 0 Å². The molecule has 14 nitrogen and oxygen atoms in total. The lowest BCUT2D eigenvalue weighted by atomic mass is 10.0. The Bertz CT molecular complexity index is 1910. The Hall–Kier alpha value is -6.05. The zero-order valence-electron chi connectivity index (χ0n) is 19.2. The Morgan fingerprint density at radius 3 is 1.77 bits per heavy atom. The average molecular weight is 530 g/mol. The number of hydrogen-bond donors (Lipinski definition) is 6. The molecule has 0 radical (unpaired) electrons. The van der Waals surface area contributed by atoms with Gasteiger partial charge in [-0.25, -0.2) is 38.5 Å². The molecule has 3 aromatic rings. The van der Waals surface area contributed by atoms with Crippen LogP contribution in [0.4, 0.5) is 4.79 Å². The van der Waals surface area contributed by atoms with Crippen molar-refractivity contribution in [1.29, 1.82) is 0 Å². The molecule has 39 heavy (non-hydrogen) atoms. The summed E-state index contributed by atoms with van der Waals surface area (Å²) < 4.78 is 0.167. The zero-order valence-corrected chi connectivity index (χ0v) is 19.2. The van der Waals surface area contributed by atoms with Gasteiger partial charge in [0.15, 0.2) is 0 Å². The van der Waals surface area contributed by atoms with E-state index in [2.05, 4.69) is 15.0 Å². The van der Waals surface area contributed by atoms with E-state index < -0.39 is 69.0 Å². The summed E-state index contributed by atoms with van der Waals surface area (Å²) in [5.74, 6) is -7.42. The van der Waals surface area contributed by atoms with E-state index in [0.29, 0.717) is 16.7 Å². The predicted molar refractivity (Wildman–Crippen MR) is 133 cm³/mol. The monoisotopic (exact) mass is 530 g/mol. The molecule has 0 spiro atoms. The summed E-state index contributed by atoms with van der Waals surface area (Å²) in [6.45, 7) is 0. The fourth-order valence-electron chi connectivity index (χ4n) is 4.38. The molecule has 0 aliphatic carbocycles. The molecule has 0 atom stereocenters. The smallest absolute Gasteiger partial charge is 0.416 e. The SMILES string of the molecule is O=C(O)C1=Cc2cc3ccc(cc4nc(cc5c(C(=O)O)c(C(=O)O)c(c(C(=O)O)c1n2)n5C(=O)O)C=C4)[nH]3. The van der Waals surface area contributed by atoms with Crippen LogP contribution in [0.15, 0.2) is 30.3 Å². The molecule has 6 N–H and O–H groups in total. The number of carboxylic acid groups (broad SMARTS) is 5. The number of aromatic carboxylic acids is 3. The van der Waals surface area contributed by atoms with Crippen molar-refractivity contribution in [3.63, 3.8) is 0 Å². The molecule has 14 heteroatoms. The van der Waals surface area contributed by atoms with Gasteiger partial charge in [-0.3, -0.25) is 0 Å². The highest BCUT2D eigenvalue weighted by molar-refractivity contribution is 6.25. The van der Waals surface area contributed by atoms with Crippen molar-refractivity contribution in [2.24, 2.45) is 0 Å². The van der Waals surface area contributed by atoms with Crippen LogP contribution in [0.1, 0.15) is 53.8 Å². The maximum Gasteiger partial charge on any atom is 0.416 e. The third-order valence-corrected chi connectivity index (χ3v) is 5.84. The molecule has 0 saturated carbocycles. The third-order valence-electron chi connectivity index (χ3n) is 5.84. The molecule has 5 rings (SSSR count). The molecule has 0 saturated heterocycles. The summed E-state index contributed by atoms with van der Waals surface area (Å²) in [4.78, 5) is 73.1. The van der Waals surface area contributed by atoms with Crippen LogP contribution < -0.4 is 0 Å². The average Bonchev–Trinajstić information content (AvgIpc) is 3.60. The lowest BCUT2D eigenvalue weighted by Crippen LogP contribution is -2.14. The number of aliphatic carboxylic acids is 1. The molecule has 2 aliphatic heterocycles. The molecule has 2 aliphatic rings. The van der Waals surface area contributed by atoms with E-state index in [4.69, 9.17) is 0 Å². The molecule has 0 unspecified atom stereocenters. The maximum absolute atomic E-state index is 12.6. The van der Waals surface area contributed by atoms with Crippen LogP contribution in [0.5, 0.6) is 0 Å². The third kappa shape index (κ3) is 4.07. The number of nitrogens with zero attached hydrogens (tertiary/aromatic N) is 3. The van der Waals surface area contributed by atoms with Crippen molar-refractivity contribution in [2.75, 3.05) is 0 Å². The number of carbonyl (C=O) groups is 5. The van der Waals surface area contributed by atoms with Crippen LogP contribution in [-0.2, 0) is 4.79 Å². The Labute approximate surface area is 215 Å². The number of fused-ring (bicyclic) bond motifs is 8. The zero-order chi connectivity index (χ0) is 28.2. The summed E-state index contributed by atoms with van der Waals surface area (Å²) in [7, 11) is 0. The highest BCUT2D eigenvalue weighted by Gasteiger charge is 2.35. The Kier molecular flexibility index (Phi) is 5.56. The number of nitrogens with one attached hydrogen (secondary N) is 1. The van der Waals surface area contributed by atoms with Crippen LogP contribution in [0.3, 0.4) is 0 Å². The topological polar surface area (TPSA) is 233 Å². The molecule has 3 aromatic heterocycles. The highest BCUT2D eigenvalue weighted by atomic mass is 16.4. The summed E-state index contributed by atoms with van der Waals surface area (Å²) in [6.07, 6.45) is 2.05. The van der Waals surface area contributed by atoms with E-state index in [1.54, 1.807) is 24.3 Å². The standard InChI is InChI=1S/C25H14N4O10/c30-21(31)14-7-13-6-11-2-1-9(26-11)5-10-3-4-12(27-10)8-15-16(22(32)33)17(23(34)35)20(29(15)25(38)39)18(24(36)37)19(14)28-13/h1-8,26H,(H,30,31)(H,32,33)(H,34,35)(H,36,37)(H,38,39). The molecule has 8 bridgehead atoms. The predicted octanol–water partition coefficient (Wildman–Crippen LogP) is 3.20. The lowest BCUT2D eigenvalue weighted by molar-refractivity contribution is -0.130. The number of aromatic amines is 1. The second-order valence-electron chi connectivity index (χ2n) is 8.24. The van der Waals surface area contributed by atoms with E-state index in [0.717, 1.165) is 12.1 Å². The van der Waals surface area contributed by atoms with Crippen LogP contribution in [0.2, 0.25) is 0 Å². The van der Waals surface area contributed by atoms with Gasteiger partial charge in [-0.05, 0) is 48.6 Å². The van der Waals surface area contributed by atoms with Crippen molar-refractivity contribution in [1.82, 2.24) is 19.5 Å². The fourth-order valence-corrected chi connectivity index (χ4v) is 4.38. The van der Waals surface area contributed by atoms with Crippen molar-refractivity contribution in [3.05, 3.63) is 69.8 Å². The van der Waals surface area contributed by atoms with Gasteiger partial charge in [0.05, 0.1) is 39.4 Å². The summed E-state index contributed by atoms with van der Waals surface area (Å²) in [6, 6.07) is 7.30. The van der Waals surface area contributed by atoms with Gasteiger partial charge in [0.2, 0.25) is 0 Å². The van der Waals surface area contributed by atoms with Gasteiger partial charge in [-0.15, -0.1) is 0 Å². The van der Waals surface area contributed by atoms with Gasteiger partial charge in [0.25, 0.3) is 0 Å². The van der Waals surface area contributed by atoms with Gasteiger partial charge in [0.1, 0.15) is 16.7 Å². The summed E-state index contributed by atoms with van der Waals surface area (Å²) in [5, 5.41) is 49.9. The van der Waals surface area contributed by atoms with E-state index in [1.165, 1.54) is 12.1 Å². The molecule has 0 aromatic carbocycles. The minimum atomic E-state index is -1.97. The summed E-state index contributed by atoms with van der Waals surface area (Å²) in [5.41, 5.74) is -5.25. The van der Waals surface area contributed by atoms with Gasteiger partial charge in [-0.2, -0.15) is 0 Å². The van der Waals surface area contributed by atoms with Crippen molar-refractivity contribution in [3.8, 4) is 0 Å². The molecule has 5 heterocycles. The first kappa shape index (κ1) is 24.6. The van der Waals surface area contributed by atoms with E-state index in [-0.39, 0.29) is 16.0 Å². The van der Waals surface area contributed by atoms with Crippen LogP contribution in [0, 0.1) is 0 Å². The number of hydrogen-bond acceptors (Lipinski definition) is 7. The second kappa shape index (κ2) is 8.81. The lowest BCUT2D eigenvalue weighted by Gasteiger charge is -2.06.